The number of carboxylic acid groups (broad SMARTS) is 1. The topological polar surface area (TPSA) is 70.1 Å². The summed E-state index contributed by atoms with van der Waals surface area (Å²) in [5.41, 5.74) is 0. The first-order valence-corrected chi connectivity index (χ1v) is 6.03. The minimum Gasteiger partial charge on any atom is -0.465 e. The average molecular weight is 242 g/mol. The maximum atomic E-state index is 12.1. The quantitative estimate of drug-likeness (QED) is 0.715. The monoisotopic (exact) mass is 242 g/mol. The van der Waals surface area contributed by atoms with Gasteiger partial charge in [0.25, 0.3) is 0 Å². The molecular weight excluding hydrogens is 224 g/mol. The van der Waals surface area contributed by atoms with Gasteiger partial charge in [-0.2, -0.15) is 0 Å². The van der Waals surface area contributed by atoms with Crippen LogP contribution in [0.15, 0.2) is 0 Å². The van der Waals surface area contributed by atoms with Crippen molar-refractivity contribution in [3.8, 4) is 0 Å². The van der Waals surface area contributed by atoms with Crippen molar-refractivity contribution in [3.05, 3.63) is 0 Å². The molecule has 2 heterocycles. The predicted molar refractivity (Wildman–Crippen MR) is 59.7 cm³/mol. The van der Waals surface area contributed by atoms with Crippen LogP contribution in [-0.4, -0.2) is 66.3 Å². The summed E-state index contributed by atoms with van der Waals surface area (Å²) in [7, 11) is 0. The van der Waals surface area contributed by atoms with Gasteiger partial charge in [-0.3, -0.25) is 4.79 Å². The van der Waals surface area contributed by atoms with E-state index in [1.807, 2.05) is 4.90 Å². The van der Waals surface area contributed by atoms with E-state index in [4.69, 9.17) is 9.84 Å². The van der Waals surface area contributed by atoms with Gasteiger partial charge in [0.2, 0.25) is 5.91 Å². The fourth-order valence-electron chi connectivity index (χ4n) is 2.36. The molecular formula is C11H18N2O4. The van der Waals surface area contributed by atoms with Crippen molar-refractivity contribution in [2.75, 3.05) is 39.4 Å². The second kappa shape index (κ2) is 5.35. The van der Waals surface area contributed by atoms with Crippen LogP contribution in [0.2, 0.25) is 0 Å². The van der Waals surface area contributed by atoms with Gasteiger partial charge in [-0.1, -0.05) is 0 Å². The number of hydrogen-bond donors (Lipinski definition) is 1. The third-order valence-corrected chi connectivity index (χ3v) is 3.44. The van der Waals surface area contributed by atoms with Crippen LogP contribution in [0.1, 0.15) is 12.8 Å². The fraction of sp³-hybridized carbons (Fsp3) is 0.818. The van der Waals surface area contributed by atoms with Crippen LogP contribution in [0, 0.1) is 5.92 Å². The molecule has 0 radical (unpaired) electrons. The van der Waals surface area contributed by atoms with Crippen molar-refractivity contribution in [2.24, 2.45) is 5.92 Å². The summed E-state index contributed by atoms with van der Waals surface area (Å²) in [4.78, 5) is 26.1. The molecule has 1 N–H and O–H groups in total. The molecule has 17 heavy (non-hydrogen) atoms. The van der Waals surface area contributed by atoms with Crippen LogP contribution < -0.4 is 0 Å². The number of morpholine rings is 1. The molecule has 0 aliphatic carbocycles. The van der Waals surface area contributed by atoms with E-state index >= 15 is 0 Å². The second-order valence-corrected chi connectivity index (χ2v) is 4.48. The highest BCUT2D eigenvalue weighted by Crippen LogP contribution is 2.20. The molecule has 0 atom stereocenters. The lowest BCUT2D eigenvalue weighted by Gasteiger charge is -2.34. The number of amides is 2. The molecule has 2 aliphatic heterocycles. The zero-order valence-corrected chi connectivity index (χ0v) is 9.80. The zero-order chi connectivity index (χ0) is 12.3. The fourth-order valence-corrected chi connectivity index (χ4v) is 2.36. The molecule has 0 saturated carbocycles. The summed E-state index contributed by atoms with van der Waals surface area (Å²) < 4.78 is 5.21. The maximum Gasteiger partial charge on any atom is 0.407 e. The maximum absolute atomic E-state index is 12.1. The van der Waals surface area contributed by atoms with Crippen LogP contribution in [0.5, 0.6) is 0 Å². The molecule has 2 amide bonds. The molecule has 0 unspecified atom stereocenters. The predicted octanol–water partition coefficient (Wildman–Crippen LogP) is 0.235. The highest BCUT2D eigenvalue weighted by atomic mass is 16.5. The van der Waals surface area contributed by atoms with Crippen molar-refractivity contribution < 1.29 is 19.4 Å². The third kappa shape index (κ3) is 2.88. The first kappa shape index (κ1) is 12.2. The van der Waals surface area contributed by atoms with Crippen LogP contribution in [0.3, 0.4) is 0 Å². The smallest absolute Gasteiger partial charge is 0.407 e. The number of nitrogens with zero attached hydrogens (tertiary/aromatic N) is 2. The Bertz CT molecular complexity index is 294. The van der Waals surface area contributed by atoms with Gasteiger partial charge in [0.15, 0.2) is 0 Å². The standard InChI is InChI=1S/C11H18N2O4/c14-10(12-5-7-17-8-6-12)9-1-3-13(4-2-9)11(15)16/h9H,1-8H2,(H,15,16). The Labute approximate surface area is 100 Å². The Morgan fingerprint density at radius 2 is 1.59 bits per heavy atom. The summed E-state index contributed by atoms with van der Waals surface area (Å²) in [5, 5.41) is 8.83. The van der Waals surface area contributed by atoms with Crippen molar-refractivity contribution in [1.82, 2.24) is 9.80 Å². The Morgan fingerprint density at radius 1 is 1.00 bits per heavy atom. The van der Waals surface area contributed by atoms with Crippen molar-refractivity contribution in [2.45, 2.75) is 12.8 Å². The van der Waals surface area contributed by atoms with Gasteiger partial charge >= 0.3 is 6.09 Å². The molecule has 6 nitrogen and oxygen atoms in total. The van der Waals surface area contributed by atoms with E-state index in [2.05, 4.69) is 0 Å². The highest BCUT2D eigenvalue weighted by Gasteiger charge is 2.30. The molecule has 2 aliphatic rings. The van der Waals surface area contributed by atoms with Crippen LogP contribution >= 0.6 is 0 Å². The van der Waals surface area contributed by atoms with Gasteiger partial charge in [-0.25, -0.2) is 4.79 Å². The highest BCUT2D eigenvalue weighted by molar-refractivity contribution is 5.79. The number of rotatable bonds is 1. The van der Waals surface area contributed by atoms with Crippen LogP contribution in [-0.2, 0) is 9.53 Å². The van der Waals surface area contributed by atoms with Crippen molar-refractivity contribution in [3.63, 3.8) is 0 Å². The van der Waals surface area contributed by atoms with E-state index in [1.54, 1.807) is 0 Å². The number of hydrogen-bond acceptors (Lipinski definition) is 3. The van der Waals surface area contributed by atoms with E-state index in [1.165, 1.54) is 4.90 Å². The Balaban J connectivity index is 1.83. The Hall–Kier alpha value is -1.30. The van der Waals surface area contributed by atoms with E-state index < -0.39 is 6.09 Å². The molecule has 2 rings (SSSR count). The second-order valence-electron chi connectivity index (χ2n) is 4.48. The summed E-state index contributed by atoms with van der Waals surface area (Å²) in [6, 6.07) is 0. The number of likely N-dealkylation sites (tertiary alicyclic amines) is 1. The summed E-state index contributed by atoms with van der Waals surface area (Å²) in [5.74, 6) is 0.155. The van der Waals surface area contributed by atoms with Gasteiger partial charge in [-0.15, -0.1) is 0 Å². The van der Waals surface area contributed by atoms with Crippen molar-refractivity contribution in [1.29, 1.82) is 0 Å². The van der Waals surface area contributed by atoms with Crippen molar-refractivity contribution >= 4 is 12.0 Å². The summed E-state index contributed by atoms with van der Waals surface area (Å²) in [6.45, 7) is 3.49. The minimum atomic E-state index is -0.887. The molecule has 96 valence electrons. The summed E-state index contributed by atoms with van der Waals surface area (Å²) in [6.07, 6.45) is 0.396. The van der Waals surface area contributed by atoms with Gasteiger partial charge < -0.3 is 19.6 Å². The third-order valence-electron chi connectivity index (χ3n) is 3.44. The number of ether oxygens (including phenoxy) is 1. The molecule has 6 heteroatoms. The molecule has 0 aromatic heterocycles. The first-order chi connectivity index (χ1) is 8.18. The molecule has 0 bridgehead atoms. The van der Waals surface area contributed by atoms with Gasteiger partial charge in [0, 0.05) is 32.1 Å². The number of carbonyl (C=O) groups excluding carboxylic acids is 1. The van der Waals surface area contributed by atoms with Gasteiger partial charge in [-0.05, 0) is 12.8 Å². The van der Waals surface area contributed by atoms with Gasteiger partial charge in [0.05, 0.1) is 13.2 Å². The normalized spacial score (nSPS) is 22.6. The average Bonchev–Trinajstić information content (AvgIpc) is 2.39. The SMILES string of the molecule is O=C(O)N1CCC(C(=O)N2CCOCC2)CC1. The Kier molecular flexibility index (Phi) is 3.83. The van der Waals surface area contributed by atoms with Crippen LogP contribution in [0.4, 0.5) is 4.79 Å². The van der Waals surface area contributed by atoms with Crippen LogP contribution in [0.25, 0.3) is 0 Å². The first-order valence-electron chi connectivity index (χ1n) is 6.03. The Morgan fingerprint density at radius 3 is 2.12 bits per heavy atom. The van der Waals surface area contributed by atoms with E-state index in [0.29, 0.717) is 52.2 Å². The molecule has 2 saturated heterocycles. The molecule has 0 spiro atoms. The minimum absolute atomic E-state index is 0.0105. The lowest BCUT2D eigenvalue weighted by atomic mass is 9.95. The molecule has 0 aromatic carbocycles. The zero-order valence-electron chi connectivity index (χ0n) is 9.80. The molecule has 2 fully saturated rings. The lowest BCUT2D eigenvalue weighted by molar-refractivity contribution is -0.141. The van der Waals surface area contributed by atoms with E-state index in [9.17, 15) is 9.59 Å². The largest absolute Gasteiger partial charge is 0.465 e. The van der Waals surface area contributed by atoms with E-state index in [-0.39, 0.29) is 11.8 Å². The summed E-state index contributed by atoms with van der Waals surface area (Å²) >= 11 is 0. The van der Waals surface area contributed by atoms with E-state index in [0.717, 1.165) is 0 Å². The van der Waals surface area contributed by atoms with Gasteiger partial charge in [0.1, 0.15) is 0 Å². The number of piperidine rings is 1. The lowest BCUT2D eigenvalue weighted by Crippen LogP contribution is -2.47. The molecule has 0 aromatic rings. The number of carbonyl (C=O) groups is 2.